The second kappa shape index (κ2) is 6.18. The molecule has 3 rings (SSSR count). The van der Waals surface area contributed by atoms with Crippen molar-refractivity contribution >= 4 is 34.1 Å². The van der Waals surface area contributed by atoms with Crippen LogP contribution in [0.15, 0.2) is 41.2 Å². The van der Waals surface area contributed by atoms with Gasteiger partial charge in [-0.3, -0.25) is 9.78 Å². The van der Waals surface area contributed by atoms with Crippen molar-refractivity contribution in [2.45, 2.75) is 0 Å². The lowest BCUT2D eigenvalue weighted by molar-refractivity contribution is 0.395. The van der Waals surface area contributed by atoms with E-state index in [1.165, 1.54) is 0 Å². The van der Waals surface area contributed by atoms with Crippen molar-refractivity contribution in [2.75, 3.05) is 19.5 Å². The van der Waals surface area contributed by atoms with Gasteiger partial charge in [0.05, 0.1) is 25.1 Å². The number of nitrogens with one attached hydrogen (secondary N) is 2. The number of hydrogen-bond acceptors (Lipinski definition) is 5. The molecule has 0 saturated carbocycles. The van der Waals surface area contributed by atoms with Crippen LogP contribution in [-0.4, -0.2) is 24.2 Å². The van der Waals surface area contributed by atoms with E-state index in [-0.39, 0.29) is 5.56 Å². The molecule has 0 saturated heterocycles. The molecule has 0 fully saturated rings. The minimum atomic E-state index is -0.246. The average Bonchev–Trinajstić information content (AvgIpc) is 2.54. The first-order valence-corrected chi connectivity index (χ1v) is 7.16. The summed E-state index contributed by atoms with van der Waals surface area (Å²) in [4.78, 5) is 19.2. The van der Waals surface area contributed by atoms with Crippen molar-refractivity contribution in [1.29, 1.82) is 0 Å². The standard InChI is InChI=1S/C16H14ClN3O3/c1-22-11-6-10(7-12(8-11)23-2)18-16-19-14-5-9(17)3-4-13(14)15(21)20-16/h3-8H,1-2H3,(H2,18,19,20,21). The van der Waals surface area contributed by atoms with Crippen LogP contribution in [0.1, 0.15) is 0 Å². The number of anilines is 2. The van der Waals surface area contributed by atoms with Crippen LogP contribution in [0.5, 0.6) is 11.5 Å². The average molecular weight is 332 g/mol. The quantitative estimate of drug-likeness (QED) is 0.766. The molecule has 7 heteroatoms. The van der Waals surface area contributed by atoms with Crippen molar-refractivity contribution in [2.24, 2.45) is 0 Å². The Kier molecular flexibility index (Phi) is 4.08. The number of methoxy groups -OCH3 is 2. The monoisotopic (exact) mass is 331 g/mol. The highest BCUT2D eigenvalue weighted by molar-refractivity contribution is 6.31. The van der Waals surface area contributed by atoms with Gasteiger partial charge in [-0.15, -0.1) is 0 Å². The van der Waals surface area contributed by atoms with Gasteiger partial charge in [0.25, 0.3) is 5.56 Å². The van der Waals surface area contributed by atoms with Crippen molar-refractivity contribution in [1.82, 2.24) is 9.97 Å². The Labute approximate surface area is 137 Å². The molecule has 0 aliphatic rings. The molecular formula is C16H14ClN3O3. The molecule has 0 spiro atoms. The number of H-pyrrole nitrogens is 1. The molecule has 0 bridgehead atoms. The van der Waals surface area contributed by atoms with Crippen LogP contribution in [0.2, 0.25) is 5.02 Å². The highest BCUT2D eigenvalue weighted by Gasteiger charge is 2.07. The van der Waals surface area contributed by atoms with E-state index >= 15 is 0 Å². The van der Waals surface area contributed by atoms with Gasteiger partial charge < -0.3 is 14.8 Å². The summed E-state index contributed by atoms with van der Waals surface area (Å²) in [6.07, 6.45) is 0. The van der Waals surface area contributed by atoms with Gasteiger partial charge in [0.15, 0.2) is 0 Å². The first-order chi connectivity index (χ1) is 11.1. The molecule has 118 valence electrons. The maximum atomic E-state index is 12.1. The first-order valence-electron chi connectivity index (χ1n) is 6.79. The van der Waals surface area contributed by atoms with Crippen molar-refractivity contribution < 1.29 is 9.47 Å². The number of benzene rings is 2. The number of hydrogen-bond donors (Lipinski definition) is 2. The van der Waals surface area contributed by atoms with Crippen LogP contribution < -0.4 is 20.3 Å². The second-order valence-electron chi connectivity index (χ2n) is 4.80. The molecule has 0 amide bonds. The highest BCUT2D eigenvalue weighted by Crippen LogP contribution is 2.27. The van der Waals surface area contributed by atoms with Gasteiger partial charge in [0, 0.05) is 28.9 Å². The highest BCUT2D eigenvalue weighted by atomic mass is 35.5. The van der Waals surface area contributed by atoms with Gasteiger partial charge in [-0.2, -0.15) is 0 Å². The first kappa shape index (κ1) is 15.2. The summed E-state index contributed by atoms with van der Waals surface area (Å²) in [5.74, 6) is 1.55. The summed E-state index contributed by atoms with van der Waals surface area (Å²) >= 11 is 5.96. The molecule has 1 aromatic heterocycles. The van der Waals surface area contributed by atoms with Crippen LogP contribution in [-0.2, 0) is 0 Å². The van der Waals surface area contributed by atoms with E-state index in [1.807, 2.05) is 0 Å². The summed E-state index contributed by atoms with van der Waals surface area (Å²) in [5.41, 5.74) is 0.938. The number of rotatable bonds is 4. The summed E-state index contributed by atoms with van der Waals surface area (Å²) in [6.45, 7) is 0. The third-order valence-corrected chi connectivity index (χ3v) is 3.52. The lowest BCUT2D eigenvalue weighted by Crippen LogP contribution is -2.11. The topological polar surface area (TPSA) is 76.2 Å². The van der Waals surface area contributed by atoms with Crippen LogP contribution in [0, 0.1) is 0 Å². The van der Waals surface area contributed by atoms with Crippen molar-refractivity contribution in [3.05, 3.63) is 51.8 Å². The summed E-state index contributed by atoms with van der Waals surface area (Å²) in [7, 11) is 3.13. The minimum absolute atomic E-state index is 0.246. The van der Waals surface area contributed by atoms with E-state index < -0.39 is 0 Å². The fourth-order valence-electron chi connectivity index (χ4n) is 2.19. The number of halogens is 1. The second-order valence-corrected chi connectivity index (χ2v) is 5.24. The molecule has 1 heterocycles. The summed E-state index contributed by atoms with van der Waals surface area (Å²) in [5, 5.41) is 4.03. The third-order valence-electron chi connectivity index (χ3n) is 3.28. The molecule has 2 N–H and O–H groups in total. The fourth-order valence-corrected chi connectivity index (χ4v) is 2.35. The van der Waals surface area contributed by atoms with Crippen LogP contribution >= 0.6 is 11.6 Å². The maximum absolute atomic E-state index is 12.1. The lowest BCUT2D eigenvalue weighted by Gasteiger charge is -2.10. The molecule has 23 heavy (non-hydrogen) atoms. The van der Waals surface area contributed by atoms with E-state index in [0.29, 0.717) is 39.1 Å². The predicted molar refractivity (Wildman–Crippen MR) is 90.2 cm³/mol. The normalized spacial score (nSPS) is 10.6. The predicted octanol–water partition coefficient (Wildman–Crippen LogP) is 3.34. The molecule has 0 atom stereocenters. The van der Waals surface area contributed by atoms with E-state index in [9.17, 15) is 4.79 Å². The van der Waals surface area contributed by atoms with Gasteiger partial charge in [-0.05, 0) is 18.2 Å². The molecular weight excluding hydrogens is 318 g/mol. The molecule has 6 nitrogen and oxygen atoms in total. The molecule has 3 aromatic rings. The number of fused-ring (bicyclic) bond motifs is 1. The zero-order chi connectivity index (χ0) is 16.4. The third kappa shape index (κ3) is 3.22. The SMILES string of the molecule is COc1cc(Nc2nc3cc(Cl)ccc3c(=O)[nH]2)cc(OC)c1. The Balaban J connectivity index is 2.03. The Morgan fingerprint density at radius 3 is 2.43 bits per heavy atom. The van der Waals surface area contributed by atoms with Gasteiger partial charge in [-0.1, -0.05) is 11.6 Å². The fraction of sp³-hybridized carbons (Fsp3) is 0.125. The van der Waals surface area contributed by atoms with Gasteiger partial charge >= 0.3 is 0 Å². The number of nitrogens with zero attached hydrogens (tertiary/aromatic N) is 1. The number of aromatic nitrogens is 2. The molecule has 0 aliphatic heterocycles. The van der Waals surface area contributed by atoms with E-state index in [1.54, 1.807) is 50.6 Å². The molecule has 0 unspecified atom stereocenters. The molecule has 0 radical (unpaired) electrons. The summed E-state index contributed by atoms with van der Waals surface area (Å²) in [6, 6.07) is 10.2. The molecule has 2 aromatic carbocycles. The largest absolute Gasteiger partial charge is 0.497 e. The van der Waals surface area contributed by atoms with E-state index in [2.05, 4.69) is 15.3 Å². The van der Waals surface area contributed by atoms with Gasteiger partial charge in [0.2, 0.25) is 5.95 Å². The van der Waals surface area contributed by atoms with Gasteiger partial charge in [-0.25, -0.2) is 4.98 Å². The van der Waals surface area contributed by atoms with Crippen LogP contribution in [0.25, 0.3) is 10.9 Å². The van der Waals surface area contributed by atoms with E-state index in [0.717, 1.165) is 0 Å². The number of ether oxygens (including phenoxy) is 2. The minimum Gasteiger partial charge on any atom is -0.497 e. The van der Waals surface area contributed by atoms with E-state index in [4.69, 9.17) is 21.1 Å². The Morgan fingerprint density at radius 1 is 1.09 bits per heavy atom. The Hall–Kier alpha value is -2.73. The Bertz CT molecular complexity index is 902. The Morgan fingerprint density at radius 2 is 1.78 bits per heavy atom. The smallest absolute Gasteiger partial charge is 0.260 e. The lowest BCUT2D eigenvalue weighted by atomic mass is 10.2. The van der Waals surface area contributed by atoms with Gasteiger partial charge in [0.1, 0.15) is 11.5 Å². The zero-order valence-corrected chi connectivity index (χ0v) is 13.3. The summed E-state index contributed by atoms with van der Waals surface area (Å²) < 4.78 is 10.4. The van der Waals surface area contributed by atoms with Crippen molar-refractivity contribution in [3.8, 4) is 11.5 Å². The zero-order valence-electron chi connectivity index (χ0n) is 12.5. The van der Waals surface area contributed by atoms with Crippen molar-refractivity contribution in [3.63, 3.8) is 0 Å². The maximum Gasteiger partial charge on any atom is 0.260 e. The van der Waals surface area contributed by atoms with Crippen LogP contribution in [0.3, 0.4) is 0 Å². The van der Waals surface area contributed by atoms with Crippen LogP contribution in [0.4, 0.5) is 11.6 Å². The number of aromatic amines is 1. The molecule has 0 aliphatic carbocycles.